The van der Waals surface area contributed by atoms with Crippen molar-refractivity contribution in [3.63, 3.8) is 0 Å². The maximum atomic E-state index is 14.7. The second-order valence-electron chi connectivity index (χ2n) is 8.79. The minimum atomic E-state index is -0.977. The zero-order chi connectivity index (χ0) is 22.9. The molecule has 2 fully saturated rings. The number of thioether (sulfide) groups is 1. The summed E-state index contributed by atoms with van der Waals surface area (Å²) < 4.78 is 16.4. The summed E-state index contributed by atoms with van der Waals surface area (Å²) in [7, 11) is 0. The SMILES string of the molecule is Cc1cc(Nc2nn(C3CCCC[C@H]3F)c3cc[nH]c(=O)c23)ccc1C(=O)N1CCSCC1. The molecule has 2 N–H and O–H groups in total. The molecule has 174 valence electrons. The molecule has 2 aliphatic rings. The number of aromatic nitrogens is 3. The molecule has 3 heterocycles. The van der Waals surface area contributed by atoms with Gasteiger partial charge in [-0.3, -0.25) is 14.3 Å². The number of benzene rings is 1. The lowest BCUT2D eigenvalue weighted by Crippen LogP contribution is -2.38. The molecule has 0 bridgehead atoms. The van der Waals surface area contributed by atoms with Crippen LogP contribution in [0.15, 0.2) is 35.3 Å². The fourth-order valence-electron chi connectivity index (χ4n) is 4.84. The van der Waals surface area contributed by atoms with Gasteiger partial charge in [-0.25, -0.2) is 4.39 Å². The Morgan fingerprint density at radius 2 is 2.00 bits per heavy atom. The second kappa shape index (κ2) is 9.21. The zero-order valence-corrected chi connectivity index (χ0v) is 19.5. The van der Waals surface area contributed by atoms with Crippen molar-refractivity contribution < 1.29 is 9.18 Å². The number of aromatic amines is 1. The number of H-pyrrole nitrogens is 1. The minimum absolute atomic E-state index is 0.0526. The van der Waals surface area contributed by atoms with E-state index < -0.39 is 6.17 Å². The third-order valence-electron chi connectivity index (χ3n) is 6.61. The number of hydrogen-bond acceptors (Lipinski definition) is 5. The molecular weight excluding hydrogens is 441 g/mol. The highest BCUT2D eigenvalue weighted by Gasteiger charge is 2.30. The van der Waals surface area contributed by atoms with Crippen molar-refractivity contribution in [2.45, 2.75) is 44.8 Å². The highest BCUT2D eigenvalue weighted by Crippen LogP contribution is 2.35. The summed E-state index contributed by atoms with van der Waals surface area (Å²) >= 11 is 1.87. The molecule has 1 saturated carbocycles. The lowest BCUT2D eigenvalue weighted by Gasteiger charge is -2.27. The number of halogens is 1. The minimum Gasteiger partial charge on any atom is -0.338 e. The first-order chi connectivity index (χ1) is 16.0. The Hall–Kier alpha value is -2.81. The van der Waals surface area contributed by atoms with Crippen molar-refractivity contribution >= 4 is 40.1 Å². The Kier molecular flexibility index (Phi) is 6.14. The van der Waals surface area contributed by atoms with Crippen molar-refractivity contribution in [2.24, 2.45) is 0 Å². The fourth-order valence-corrected chi connectivity index (χ4v) is 5.74. The number of fused-ring (bicyclic) bond motifs is 1. The van der Waals surface area contributed by atoms with Crippen LogP contribution in [-0.2, 0) is 0 Å². The van der Waals surface area contributed by atoms with E-state index in [1.165, 1.54) is 0 Å². The van der Waals surface area contributed by atoms with Crippen molar-refractivity contribution in [3.8, 4) is 0 Å². The topological polar surface area (TPSA) is 83.0 Å². The monoisotopic (exact) mass is 469 g/mol. The van der Waals surface area contributed by atoms with E-state index in [1.807, 2.05) is 41.8 Å². The number of alkyl halides is 1. The van der Waals surface area contributed by atoms with Gasteiger partial charge in [0.05, 0.1) is 11.6 Å². The molecule has 1 aliphatic heterocycles. The summed E-state index contributed by atoms with van der Waals surface area (Å²) in [6, 6.07) is 6.96. The van der Waals surface area contributed by atoms with Crippen LogP contribution in [0.5, 0.6) is 0 Å². The summed E-state index contributed by atoms with van der Waals surface area (Å²) in [4.78, 5) is 30.2. The van der Waals surface area contributed by atoms with Crippen LogP contribution in [-0.4, -0.2) is 56.3 Å². The fraction of sp³-hybridized carbons (Fsp3) is 0.458. The van der Waals surface area contributed by atoms with Crippen molar-refractivity contribution in [1.29, 1.82) is 0 Å². The number of nitrogens with one attached hydrogen (secondary N) is 2. The van der Waals surface area contributed by atoms with Gasteiger partial charge in [0, 0.05) is 42.0 Å². The summed E-state index contributed by atoms with van der Waals surface area (Å²) in [6.45, 7) is 3.45. The molecule has 1 saturated heterocycles. The molecule has 3 aromatic rings. The van der Waals surface area contributed by atoms with Crippen LogP contribution in [0.4, 0.5) is 15.9 Å². The smallest absolute Gasteiger partial charge is 0.261 e. The molecule has 0 spiro atoms. The number of pyridine rings is 1. The molecule has 9 heteroatoms. The van der Waals surface area contributed by atoms with Gasteiger partial charge in [-0.05, 0) is 49.6 Å². The van der Waals surface area contributed by atoms with Gasteiger partial charge in [0.15, 0.2) is 5.82 Å². The molecule has 0 radical (unpaired) electrons. The molecule has 2 atom stereocenters. The van der Waals surface area contributed by atoms with Gasteiger partial charge in [0.1, 0.15) is 11.6 Å². The van der Waals surface area contributed by atoms with Crippen LogP contribution in [0.1, 0.15) is 47.6 Å². The first kappa shape index (κ1) is 22.0. The highest BCUT2D eigenvalue weighted by molar-refractivity contribution is 7.99. The summed E-state index contributed by atoms with van der Waals surface area (Å²) in [5.74, 6) is 2.39. The molecule has 1 unspecified atom stereocenters. The summed E-state index contributed by atoms with van der Waals surface area (Å²) in [5, 5.41) is 8.31. The third kappa shape index (κ3) is 4.26. The van der Waals surface area contributed by atoms with Crippen LogP contribution in [0.3, 0.4) is 0 Å². The highest BCUT2D eigenvalue weighted by atomic mass is 32.2. The number of anilines is 2. The predicted molar refractivity (Wildman–Crippen MR) is 130 cm³/mol. The van der Waals surface area contributed by atoms with E-state index in [0.717, 1.165) is 48.7 Å². The molecule has 2 aromatic heterocycles. The van der Waals surface area contributed by atoms with Crippen molar-refractivity contribution in [1.82, 2.24) is 19.7 Å². The Labute approximate surface area is 195 Å². The summed E-state index contributed by atoms with van der Waals surface area (Å²) in [5.41, 5.74) is 2.63. The Balaban J connectivity index is 1.46. The van der Waals surface area contributed by atoms with E-state index in [-0.39, 0.29) is 17.5 Å². The molecule has 7 nitrogen and oxygen atoms in total. The largest absolute Gasteiger partial charge is 0.338 e. The quantitative estimate of drug-likeness (QED) is 0.591. The van der Waals surface area contributed by atoms with Gasteiger partial charge >= 0.3 is 0 Å². The number of amides is 1. The Bertz CT molecular complexity index is 1230. The van der Waals surface area contributed by atoms with Gasteiger partial charge in [0.2, 0.25) is 0 Å². The van der Waals surface area contributed by atoms with Crippen molar-refractivity contribution in [3.05, 3.63) is 51.9 Å². The number of nitrogens with zero attached hydrogens (tertiary/aromatic N) is 3. The zero-order valence-electron chi connectivity index (χ0n) is 18.6. The number of hydrogen-bond donors (Lipinski definition) is 2. The lowest BCUT2D eigenvalue weighted by molar-refractivity contribution is 0.0771. The second-order valence-corrected chi connectivity index (χ2v) is 10.0. The van der Waals surface area contributed by atoms with Crippen LogP contribution in [0.2, 0.25) is 0 Å². The van der Waals surface area contributed by atoms with Gasteiger partial charge in [0.25, 0.3) is 11.5 Å². The van der Waals surface area contributed by atoms with Crippen molar-refractivity contribution in [2.75, 3.05) is 29.9 Å². The standard InChI is InChI=1S/C24H28FN5O2S/c1-15-14-16(6-7-17(15)24(32)29-10-12-33-13-11-29)27-22-21-20(8-9-26-23(21)31)30(28-22)19-5-3-2-4-18(19)25/h6-9,14,18-19H,2-5,10-13H2,1H3,(H,26,31)(H,27,28)/t18-,19?/m1/s1. The molecule has 1 aromatic carbocycles. The van der Waals surface area contributed by atoms with E-state index in [2.05, 4.69) is 15.4 Å². The summed E-state index contributed by atoms with van der Waals surface area (Å²) in [6.07, 6.45) is 3.64. The maximum Gasteiger partial charge on any atom is 0.261 e. The van der Waals surface area contributed by atoms with E-state index in [4.69, 9.17) is 0 Å². The molecule has 1 amide bonds. The molecule has 5 rings (SSSR count). The third-order valence-corrected chi connectivity index (χ3v) is 7.55. The average molecular weight is 470 g/mol. The van der Waals surface area contributed by atoms with E-state index in [0.29, 0.717) is 35.1 Å². The average Bonchev–Trinajstić information content (AvgIpc) is 3.19. The number of rotatable bonds is 4. The molecule has 33 heavy (non-hydrogen) atoms. The number of aryl methyl sites for hydroxylation is 1. The van der Waals surface area contributed by atoms with Gasteiger partial charge in [-0.1, -0.05) is 12.8 Å². The van der Waals surface area contributed by atoms with Crippen LogP contribution in [0, 0.1) is 6.92 Å². The van der Waals surface area contributed by atoms with Gasteiger partial charge in [-0.2, -0.15) is 16.9 Å². The normalized spacial score (nSPS) is 21.3. The Morgan fingerprint density at radius 1 is 1.21 bits per heavy atom. The van der Waals surface area contributed by atoms with Gasteiger partial charge in [-0.15, -0.1) is 0 Å². The first-order valence-electron chi connectivity index (χ1n) is 11.5. The maximum absolute atomic E-state index is 14.7. The van der Waals surface area contributed by atoms with E-state index in [9.17, 15) is 14.0 Å². The lowest BCUT2D eigenvalue weighted by atomic mass is 9.94. The number of carbonyl (C=O) groups excluding carboxylic acids is 1. The Morgan fingerprint density at radius 3 is 2.76 bits per heavy atom. The van der Waals surface area contributed by atoms with Gasteiger partial charge < -0.3 is 15.2 Å². The van der Waals surface area contributed by atoms with E-state index in [1.54, 1.807) is 16.9 Å². The first-order valence-corrected chi connectivity index (χ1v) is 12.7. The van der Waals surface area contributed by atoms with Crippen LogP contribution in [0.25, 0.3) is 10.9 Å². The van der Waals surface area contributed by atoms with Crippen LogP contribution < -0.4 is 10.9 Å². The number of carbonyl (C=O) groups is 1. The molecule has 1 aliphatic carbocycles. The molecular formula is C24H28FN5O2S. The van der Waals surface area contributed by atoms with E-state index >= 15 is 0 Å². The van der Waals surface area contributed by atoms with Crippen LogP contribution >= 0.6 is 11.8 Å². The predicted octanol–water partition coefficient (Wildman–Crippen LogP) is 4.42.